The molecular formula is C18H27N3. The molecule has 114 valence electrons. The molecule has 2 rings (SSSR count). The van der Waals surface area contributed by atoms with Crippen LogP contribution in [0.15, 0.2) is 36.4 Å². The van der Waals surface area contributed by atoms with Crippen molar-refractivity contribution in [2.75, 3.05) is 6.54 Å². The maximum Gasteiger partial charge on any atom is 0.0596 e. The van der Waals surface area contributed by atoms with Gasteiger partial charge < -0.3 is 5.32 Å². The zero-order valence-corrected chi connectivity index (χ0v) is 13.5. The Morgan fingerprint density at radius 3 is 2.62 bits per heavy atom. The largest absolute Gasteiger partial charge is 0.314 e. The summed E-state index contributed by atoms with van der Waals surface area (Å²) in [6.07, 6.45) is 4.50. The van der Waals surface area contributed by atoms with Gasteiger partial charge in [0.05, 0.1) is 5.69 Å². The van der Waals surface area contributed by atoms with Crippen LogP contribution in [0.2, 0.25) is 0 Å². The van der Waals surface area contributed by atoms with Crippen LogP contribution in [0.4, 0.5) is 0 Å². The topological polar surface area (TPSA) is 29.9 Å². The van der Waals surface area contributed by atoms with Gasteiger partial charge >= 0.3 is 0 Å². The monoisotopic (exact) mass is 285 g/mol. The lowest BCUT2D eigenvalue weighted by Crippen LogP contribution is -2.33. The fourth-order valence-corrected chi connectivity index (χ4v) is 2.72. The maximum atomic E-state index is 4.45. The van der Waals surface area contributed by atoms with Crippen molar-refractivity contribution < 1.29 is 0 Å². The molecule has 3 nitrogen and oxygen atoms in total. The highest BCUT2D eigenvalue weighted by Gasteiger charge is 2.12. The van der Waals surface area contributed by atoms with Crippen LogP contribution in [0, 0.1) is 6.92 Å². The van der Waals surface area contributed by atoms with Gasteiger partial charge in [-0.25, -0.2) is 0 Å². The van der Waals surface area contributed by atoms with E-state index in [0.29, 0.717) is 6.04 Å². The molecule has 0 spiro atoms. The van der Waals surface area contributed by atoms with Crippen LogP contribution in [0.5, 0.6) is 0 Å². The van der Waals surface area contributed by atoms with Gasteiger partial charge in [0, 0.05) is 25.2 Å². The fraction of sp³-hybridized carbons (Fsp3) is 0.500. The first-order valence-corrected chi connectivity index (χ1v) is 7.96. The van der Waals surface area contributed by atoms with Gasteiger partial charge in [-0.1, -0.05) is 37.3 Å². The molecule has 0 bridgehead atoms. The van der Waals surface area contributed by atoms with Gasteiger partial charge in [-0.15, -0.1) is 0 Å². The smallest absolute Gasteiger partial charge is 0.0596 e. The van der Waals surface area contributed by atoms with E-state index in [2.05, 4.69) is 60.7 Å². The number of hydrogen-bond donors (Lipinski definition) is 1. The molecular weight excluding hydrogens is 258 g/mol. The van der Waals surface area contributed by atoms with Crippen LogP contribution in [-0.4, -0.2) is 22.4 Å². The average molecular weight is 285 g/mol. The second-order valence-corrected chi connectivity index (χ2v) is 5.78. The first-order valence-electron chi connectivity index (χ1n) is 7.96. The number of aromatic nitrogens is 2. The average Bonchev–Trinajstić information content (AvgIpc) is 2.80. The van der Waals surface area contributed by atoms with Crippen molar-refractivity contribution in [2.24, 2.45) is 7.05 Å². The van der Waals surface area contributed by atoms with Crippen molar-refractivity contribution in [3.63, 3.8) is 0 Å². The van der Waals surface area contributed by atoms with Crippen LogP contribution < -0.4 is 5.32 Å². The van der Waals surface area contributed by atoms with E-state index >= 15 is 0 Å². The van der Waals surface area contributed by atoms with Crippen molar-refractivity contribution in [3.8, 4) is 0 Å². The lowest BCUT2D eigenvalue weighted by atomic mass is 10.0. The van der Waals surface area contributed by atoms with Crippen molar-refractivity contribution in [1.82, 2.24) is 15.1 Å². The summed E-state index contributed by atoms with van der Waals surface area (Å²) in [5.74, 6) is 0. The molecule has 1 unspecified atom stereocenters. The summed E-state index contributed by atoms with van der Waals surface area (Å²) < 4.78 is 2.01. The van der Waals surface area contributed by atoms with Gasteiger partial charge in [-0.3, -0.25) is 4.68 Å². The molecule has 0 aliphatic heterocycles. The van der Waals surface area contributed by atoms with Crippen molar-refractivity contribution >= 4 is 0 Å². The minimum atomic E-state index is 0.514. The summed E-state index contributed by atoms with van der Waals surface area (Å²) in [5, 5.41) is 8.14. The quantitative estimate of drug-likeness (QED) is 0.806. The lowest BCUT2D eigenvalue weighted by Gasteiger charge is -2.18. The van der Waals surface area contributed by atoms with Crippen LogP contribution in [-0.2, 0) is 19.9 Å². The third-order valence-corrected chi connectivity index (χ3v) is 3.86. The van der Waals surface area contributed by atoms with Crippen LogP contribution in [0.1, 0.15) is 36.7 Å². The van der Waals surface area contributed by atoms with E-state index < -0.39 is 0 Å². The first kappa shape index (κ1) is 15.8. The summed E-state index contributed by atoms with van der Waals surface area (Å²) in [6.45, 7) is 5.35. The van der Waals surface area contributed by atoms with E-state index in [9.17, 15) is 0 Å². The molecule has 2 aromatic rings. The number of aryl methyl sites for hydroxylation is 3. The molecule has 0 saturated heterocycles. The van der Waals surface area contributed by atoms with Crippen molar-refractivity contribution in [3.05, 3.63) is 53.3 Å². The van der Waals surface area contributed by atoms with E-state index in [0.717, 1.165) is 31.5 Å². The van der Waals surface area contributed by atoms with E-state index in [1.54, 1.807) is 0 Å². The van der Waals surface area contributed by atoms with Gasteiger partial charge in [0.2, 0.25) is 0 Å². The molecule has 0 aliphatic carbocycles. The van der Waals surface area contributed by atoms with Crippen molar-refractivity contribution in [2.45, 2.75) is 45.6 Å². The van der Waals surface area contributed by atoms with Gasteiger partial charge in [-0.2, -0.15) is 5.10 Å². The zero-order chi connectivity index (χ0) is 15.1. The molecule has 1 heterocycles. The van der Waals surface area contributed by atoms with Gasteiger partial charge in [-0.05, 0) is 44.4 Å². The molecule has 0 amide bonds. The van der Waals surface area contributed by atoms with Gasteiger partial charge in [0.1, 0.15) is 0 Å². The number of nitrogens with one attached hydrogen (secondary N) is 1. The van der Waals surface area contributed by atoms with E-state index in [1.807, 2.05) is 11.7 Å². The molecule has 1 atom stereocenters. The molecule has 0 aliphatic rings. The number of hydrogen-bond acceptors (Lipinski definition) is 2. The zero-order valence-electron chi connectivity index (χ0n) is 13.5. The summed E-state index contributed by atoms with van der Waals surface area (Å²) in [5.41, 5.74) is 3.83. The highest BCUT2D eigenvalue weighted by atomic mass is 15.3. The number of nitrogens with zero attached hydrogens (tertiary/aromatic N) is 2. The minimum absolute atomic E-state index is 0.514. The molecule has 21 heavy (non-hydrogen) atoms. The Kier molecular flexibility index (Phi) is 6.00. The third kappa shape index (κ3) is 5.01. The number of benzene rings is 1. The van der Waals surface area contributed by atoms with E-state index in [4.69, 9.17) is 0 Å². The molecule has 1 aromatic carbocycles. The molecule has 1 N–H and O–H groups in total. The van der Waals surface area contributed by atoms with Crippen LogP contribution >= 0.6 is 0 Å². The Hall–Kier alpha value is -1.61. The predicted molar refractivity (Wildman–Crippen MR) is 88.5 cm³/mol. The minimum Gasteiger partial charge on any atom is -0.314 e. The Morgan fingerprint density at radius 1 is 1.24 bits per heavy atom. The lowest BCUT2D eigenvalue weighted by molar-refractivity contribution is 0.466. The summed E-state index contributed by atoms with van der Waals surface area (Å²) >= 11 is 0. The second kappa shape index (κ2) is 7.99. The SMILES string of the molecule is CCCNC(CCc1ccccc1)Cc1cc(C)nn1C. The molecule has 0 radical (unpaired) electrons. The third-order valence-electron chi connectivity index (χ3n) is 3.86. The Labute approximate surface area is 128 Å². The van der Waals surface area contributed by atoms with Gasteiger partial charge in [0.25, 0.3) is 0 Å². The molecule has 0 saturated carbocycles. The standard InChI is InChI=1S/C18H27N3/c1-4-12-19-17(11-10-16-8-6-5-7-9-16)14-18-13-15(2)20-21(18)3/h5-9,13,17,19H,4,10-12,14H2,1-3H3. The Balaban J connectivity index is 1.95. The normalized spacial score (nSPS) is 12.5. The molecule has 1 aromatic heterocycles. The predicted octanol–water partition coefficient (Wildman–Crippen LogP) is 3.27. The summed E-state index contributed by atoms with van der Waals surface area (Å²) in [4.78, 5) is 0. The van der Waals surface area contributed by atoms with Crippen LogP contribution in [0.3, 0.4) is 0 Å². The highest BCUT2D eigenvalue weighted by molar-refractivity contribution is 5.15. The van der Waals surface area contributed by atoms with Gasteiger partial charge in [0.15, 0.2) is 0 Å². The highest BCUT2D eigenvalue weighted by Crippen LogP contribution is 2.11. The van der Waals surface area contributed by atoms with Crippen LogP contribution in [0.25, 0.3) is 0 Å². The second-order valence-electron chi connectivity index (χ2n) is 5.78. The molecule has 0 fully saturated rings. The fourth-order valence-electron chi connectivity index (χ4n) is 2.72. The summed E-state index contributed by atoms with van der Waals surface area (Å²) in [7, 11) is 2.04. The molecule has 3 heteroatoms. The summed E-state index contributed by atoms with van der Waals surface area (Å²) in [6, 6.07) is 13.5. The Morgan fingerprint density at radius 2 is 2.00 bits per heavy atom. The first-order chi connectivity index (χ1) is 10.2. The van der Waals surface area contributed by atoms with E-state index in [1.165, 1.54) is 17.7 Å². The van der Waals surface area contributed by atoms with E-state index in [-0.39, 0.29) is 0 Å². The maximum absolute atomic E-state index is 4.45. The van der Waals surface area contributed by atoms with Crippen molar-refractivity contribution in [1.29, 1.82) is 0 Å². The Bertz CT molecular complexity index is 531. The number of rotatable bonds is 8.